The maximum Gasteiger partial charge on any atom is 0.171 e. The van der Waals surface area contributed by atoms with Crippen LogP contribution in [0.5, 0.6) is 0 Å². The molecule has 0 amide bonds. The summed E-state index contributed by atoms with van der Waals surface area (Å²) in [6, 6.07) is 4.04. The minimum atomic E-state index is -0.568. The zero-order valence-corrected chi connectivity index (χ0v) is 6.93. The Morgan fingerprint density at radius 3 is 1.83 bits per heavy atom. The molecule has 0 spiro atoms. The van der Waals surface area contributed by atoms with Crippen molar-refractivity contribution in [2.24, 2.45) is 9.98 Å². The highest BCUT2D eigenvalue weighted by Crippen LogP contribution is 2.32. The molecule has 1 aliphatic rings. The second kappa shape index (κ2) is 3.96. The molecular formula is C8H12N4. The van der Waals surface area contributed by atoms with Gasteiger partial charge in [0.15, 0.2) is 5.66 Å². The van der Waals surface area contributed by atoms with Crippen molar-refractivity contribution < 1.29 is 0 Å². The number of rotatable bonds is 2. The van der Waals surface area contributed by atoms with Crippen LogP contribution in [0, 0.1) is 10.8 Å². The molecule has 0 aromatic heterocycles. The van der Waals surface area contributed by atoms with Gasteiger partial charge in [-0.2, -0.15) is 9.98 Å². The molecule has 0 aliphatic heterocycles. The van der Waals surface area contributed by atoms with Crippen molar-refractivity contribution in [2.75, 3.05) is 0 Å². The Morgan fingerprint density at radius 1 is 0.917 bits per heavy atom. The van der Waals surface area contributed by atoms with E-state index in [1.54, 1.807) is 0 Å². The first-order valence-electron chi connectivity index (χ1n) is 4.10. The summed E-state index contributed by atoms with van der Waals surface area (Å²) in [5.41, 5.74) is -0.568. The van der Waals surface area contributed by atoms with E-state index in [-0.39, 0.29) is 0 Å². The summed E-state index contributed by atoms with van der Waals surface area (Å²) >= 11 is 0. The molecule has 0 unspecified atom stereocenters. The topological polar surface area (TPSA) is 72.4 Å². The molecule has 1 aliphatic carbocycles. The summed E-state index contributed by atoms with van der Waals surface area (Å²) in [6.45, 7) is 0. The molecule has 4 heteroatoms. The summed E-state index contributed by atoms with van der Waals surface area (Å²) in [5, 5.41) is 13.6. The number of aliphatic imine (C=N–C) groups is 2. The lowest BCUT2D eigenvalue weighted by Gasteiger charge is -2.26. The largest absolute Gasteiger partial charge is 0.241 e. The first-order chi connectivity index (χ1) is 5.83. The predicted octanol–water partition coefficient (Wildman–Crippen LogP) is 2.15. The van der Waals surface area contributed by atoms with Crippen molar-refractivity contribution in [1.82, 2.24) is 0 Å². The minimum absolute atomic E-state index is 0.568. The molecule has 0 atom stereocenters. The highest BCUT2D eigenvalue weighted by Gasteiger charge is 2.30. The molecule has 4 nitrogen and oxygen atoms in total. The van der Waals surface area contributed by atoms with Gasteiger partial charge in [0.05, 0.1) is 12.0 Å². The van der Waals surface area contributed by atoms with E-state index in [2.05, 4.69) is 9.98 Å². The van der Waals surface area contributed by atoms with Crippen LogP contribution in [0.3, 0.4) is 0 Å². The summed E-state index contributed by atoms with van der Waals surface area (Å²) < 4.78 is 0. The van der Waals surface area contributed by atoms with Crippen LogP contribution >= 0.6 is 0 Å². The Balaban J connectivity index is 2.82. The Bertz CT molecular complexity index is 220. The van der Waals surface area contributed by atoms with Gasteiger partial charge in [-0.05, 0) is 25.7 Å². The monoisotopic (exact) mass is 164 g/mol. The van der Waals surface area contributed by atoms with Crippen LogP contribution in [0.25, 0.3) is 0 Å². The lowest BCUT2D eigenvalue weighted by atomic mass is 9.90. The second-order valence-corrected chi connectivity index (χ2v) is 2.99. The first kappa shape index (κ1) is 8.85. The predicted molar refractivity (Wildman–Crippen MR) is 46.1 cm³/mol. The van der Waals surface area contributed by atoms with E-state index in [9.17, 15) is 0 Å². The highest BCUT2D eigenvalue weighted by molar-refractivity contribution is 5.41. The van der Waals surface area contributed by atoms with E-state index < -0.39 is 5.66 Å². The van der Waals surface area contributed by atoms with Crippen molar-refractivity contribution in [3.8, 4) is 0 Å². The Hall–Kier alpha value is -1.24. The maximum atomic E-state index is 6.78. The van der Waals surface area contributed by atoms with Gasteiger partial charge in [-0.1, -0.05) is 6.42 Å². The molecule has 1 saturated carbocycles. The van der Waals surface area contributed by atoms with Gasteiger partial charge in [0.1, 0.15) is 0 Å². The van der Waals surface area contributed by atoms with E-state index in [4.69, 9.17) is 10.8 Å². The maximum absolute atomic E-state index is 6.78. The Labute approximate surface area is 71.4 Å². The number of nitrogens with zero attached hydrogens (tertiary/aromatic N) is 2. The Morgan fingerprint density at radius 2 is 1.42 bits per heavy atom. The first-order valence-corrected chi connectivity index (χ1v) is 4.10. The molecule has 1 fully saturated rings. The molecule has 0 heterocycles. The smallest absolute Gasteiger partial charge is 0.171 e. The molecule has 1 rings (SSSR count). The zero-order chi connectivity index (χ0) is 8.86. The van der Waals surface area contributed by atoms with E-state index in [0.717, 1.165) is 25.7 Å². The van der Waals surface area contributed by atoms with Crippen LogP contribution < -0.4 is 0 Å². The molecule has 2 N–H and O–H groups in total. The lowest BCUT2D eigenvalue weighted by Crippen LogP contribution is -2.26. The van der Waals surface area contributed by atoms with Gasteiger partial charge in [0.25, 0.3) is 0 Å². The third-order valence-electron chi connectivity index (χ3n) is 2.18. The van der Waals surface area contributed by atoms with Gasteiger partial charge in [-0.15, -0.1) is 0 Å². The van der Waals surface area contributed by atoms with Gasteiger partial charge in [0.2, 0.25) is 0 Å². The summed E-state index contributed by atoms with van der Waals surface area (Å²) in [6.07, 6.45) is 4.98. The molecule has 0 saturated heterocycles. The average molecular weight is 164 g/mol. The zero-order valence-electron chi connectivity index (χ0n) is 6.93. The van der Waals surface area contributed by atoms with E-state index >= 15 is 0 Å². The van der Waals surface area contributed by atoms with Crippen LogP contribution in [-0.2, 0) is 0 Å². The van der Waals surface area contributed by atoms with Crippen LogP contribution in [0.2, 0.25) is 0 Å². The third-order valence-corrected chi connectivity index (χ3v) is 2.18. The quantitative estimate of drug-likeness (QED) is 0.587. The minimum Gasteiger partial charge on any atom is -0.241 e. The van der Waals surface area contributed by atoms with Gasteiger partial charge in [-0.3, -0.25) is 0 Å². The Kier molecular flexibility index (Phi) is 2.92. The molecule has 0 radical (unpaired) electrons. The fourth-order valence-corrected chi connectivity index (χ4v) is 1.57. The SMILES string of the molecule is N=C=NC1(N=C=N)CCCCC1. The van der Waals surface area contributed by atoms with Crippen LogP contribution in [0.1, 0.15) is 32.1 Å². The summed E-state index contributed by atoms with van der Waals surface area (Å²) in [4.78, 5) is 7.74. The number of nitrogens with one attached hydrogen (secondary N) is 2. The fourth-order valence-electron chi connectivity index (χ4n) is 1.57. The van der Waals surface area contributed by atoms with E-state index in [0.29, 0.717) is 0 Å². The van der Waals surface area contributed by atoms with Gasteiger partial charge in [-0.25, -0.2) is 10.8 Å². The van der Waals surface area contributed by atoms with E-state index in [1.807, 2.05) is 12.0 Å². The van der Waals surface area contributed by atoms with Crippen LogP contribution in [0.15, 0.2) is 9.98 Å². The average Bonchev–Trinajstić information content (AvgIpc) is 2.07. The highest BCUT2D eigenvalue weighted by atomic mass is 15.1. The molecule has 64 valence electrons. The van der Waals surface area contributed by atoms with Crippen molar-refractivity contribution in [1.29, 1.82) is 10.8 Å². The third kappa shape index (κ3) is 1.88. The van der Waals surface area contributed by atoms with Crippen LogP contribution in [-0.4, -0.2) is 17.7 Å². The van der Waals surface area contributed by atoms with Crippen molar-refractivity contribution in [3.05, 3.63) is 0 Å². The molecule has 0 aromatic rings. The fraction of sp³-hybridized carbons (Fsp3) is 0.750. The second-order valence-electron chi connectivity index (χ2n) is 2.99. The van der Waals surface area contributed by atoms with Gasteiger partial charge >= 0.3 is 0 Å². The summed E-state index contributed by atoms with van der Waals surface area (Å²) in [7, 11) is 0. The lowest BCUT2D eigenvalue weighted by molar-refractivity contribution is 0.313. The molecule has 0 aromatic carbocycles. The standard InChI is InChI=1S/C8H12N4/c9-6-11-8(12-7-10)4-2-1-3-5-8/h9-10H,1-5H2. The molecular weight excluding hydrogens is 152 g/mol. The van der Waals surface area contributed by atoms with E-state index in [1.165, 1.54) is 6.42 Å². The number of hydrogen-bond donors (Lipinski definition) is 2. The van der Waals surface area contributed by atoms with Crippen molar-refractivity contribution >= 4 is 12.0 Å². The van der Waals surface area contributed by atoms with Gasteiger partial charge < -0.3 is 0 Å². The molecule has 12 heavy (non-hydrogen) atoms. The summed E-state index contributed by atoms with van der Waals surface area (Å²) in [5.74, 6) is 0. The van der Waals surface area contributed by atoms with Crippen molar-refractivity contribution in [3.63, 3.8) is 0 Å². The number of hydrogen-bond acceptors (Lipinski definition) is 4. The van der Waals surface area contributed by atoms with Crippen LogP contribution in [0.4, 0.5) is 0 Å². The molecule has 0 bridgehead atoms. The van der Waals surface area contributed by atoms with Gasteiger partial charge in [0, 0.05) is 0 Å². The normalized spacial score (nSPS) is 20.3. The van der Waals surface area contributed by atoms with Crippen molar-refractivity contribution in [2.45, 2.75) is 37.8 Å².